The molecule has 4 heteroatoms. The second kappa shape index (κ2) is 5.53. The van der Waals surface area contributed by atoms with Gasteiger partial charge in [0.1, 0.15) is 0 Å². The number of rotatable bonds is 3. The Labute approximate surface area is 113 Å². The zero-order valence-corrected chi connectivity index (χ0v) is 11.5. The van der Waals surface area contributed by atoms with E-state index in [0.29, 0.717) is 19.3 Å². The van der Waals surface area contributed by atoms with Crippen molar-refractivity contribution < 1.29 is 9.59 Å². The van der Waals surface area contributed by atoms with Gasteiger partial charge >= 0.3 is 0 Å². The highest BCUT2D eigenvalue weighted by Crippen LogP contribution is 2.19. The number of imide groups is 1. The minimum atomic E-state index is -0.315. The summed E-state index contributed by atoms with van der Waals surface area (Å²) in [5, 5.41) is 0. The fourth-order valence-corrected chi connectivity index (χ4v) is 2.53. The summed E-state index contributed by atoms with van der Waals surface area (Å²) in [5.41, 5.74) is 9.40. The Bertz CT molecular complexity index is 475. The third-order valence-corrected chi connectivity index (χ3v) is 3.43. The van der Waals surface area contributed by atoms with Crippen LogP contribution in [0.2, 0.25) is 0 Å². The van der Waals surface area contributed by atoms with Gasteiger partial charge in [-0.15, -0.1) is 0 Å². The standard InChI is InChI=1S/C15H20N2O2/c1-10-6-11(2)8-12(7-10)13(16)9-17-14(18)4-3-5-15(17)19/h6-8,13H,3-5,9,16H2,1-2H3. The van der Waals surface area contributed by atoms with E-state index < -0.39 is 0 Å². The van der Waals surface area contributed by atoms with E-state index in [1.54, 1.807) is 0 Å². The van der Waals surface area contributed by atoms with Gasteiger partial charge in [-0.2, -0.15) is 0 Å². The summed E-state index contributed by atoms with van der Waals surface area (Å²) in [6, 6.07) is 5.78. The molecule has 0 radical (unpaired) electrons. The van der Waals surface area contributed by atoms with Crippen molar-refractivity contribution in [2.75, 3.05) is 6.54 Å². The number of piperidine rings is 1. The number of hydrogen-bond acceptors (Lipinski definition) is 3. The van der Waals surface area contributed by atoms with Crippen molar-refractivity contribution in [1.29, 1.82) is 0 Å². The van der Waals surface area contributed by atoms with Crippen molar-refractivity contribution in [2.45, 2.75) is 39.2 Å². The average molecular weight is 260 g/mol. The SMILES string of the molecule is Cc1cc(C)cc(C(N)CN2C(=O)CCCC2=O)c1. The Morgan fingerprint density at radius 2 is 1.63 bits per heavy atom. The molecule has 0 saturated carbocycles. The maximum atomic E-state index is 11.8. The van der Waals surface area contributed by atoms with E-state index in [2.05, 4.69) is 6.07 Å². The smallest absolute Gasteiger partial charge is 0.229 e. The Balaban J connectivity index is 2.13. The molecule has 0 bridgehead atoms. The fourth-order valence-electron chi connectivity index (χ4n) is 2.53. The van der Waals surface area contributed by atoms with Crippen molar-refractivity contribution in [3.8, 4) is 0 Å². The summed E-state index contributed by atoms with van der Waals surface area (Å²) in [6.45, 7) is 4.31. The average Bonchev–Trinajstić information content (AvgIpc) is 2.32. The highest BCUT2D eigenvalue weighted by Gasteiger charge is 2.27. The van der Waals surface area contributed by atoms with Crippen LogP contribution in [0, 0.1) is 13.8 Å². The molecule has 1 saturated heterocycles. The van der Waals surface area contributed by atoms with Gasteiger partial charge in [-0.05, 0) is 25.8 Å². The molecule has 19 heavy (non-hydrogen) atoms. The summed E-state index contributed by atoms with van der Waals surface area (Å²) >= 11 is 0. The van der Waals surface area contributed by atoms with E-state index in [-0.39, 0.29) is 24.4 Å². The number of carbonyl (C=O) groups is 2. The van der Waals surface area contributed by atoms with Gasteiger partial charge in [-0.3, -0.25) is 14.5 Å². The molecule has 0 spiro atoms. The van der Waals surface area contributed by atoms with Crippen LogP contribution in [0.5, 0.6) is 0 Å². The van der Waals surface area contributed by atoms with Crippen molar-refractivity contribution >= 4 is 11.8 Å². The third-order valence-electron chi connectivity index (χ3n) is 3.43. The van der Waals surface area contributed by atoms with Crippen LogP contribution in [0.25, 0.3) is 0 Å². The van der Waals surface area contributed by atoms with E-state index >= 15 is 0 Å². The number of nitrogens with two attached hydrogens (primary N) is 1. The van der Waals surface area contributed by atoms with Crippen LogP contribution in [0.15, 0.2) is 18.2 Å². The van der Waals surface area contributed by atoms with E-state index in [1.807, 2.05) is 26.0 Å². The normalized spacial score (nSPS) is 17.7. The predicted molar refractivity (Wildman–Crippen MR) is 73.4 cm³/mol. The summed E-state index contributed by atoms with van der Waals surface area (Å²) < 4.78 is 0. The summed E-state index contributed by atoms with van der Waals surface area (Å²) in [6.07, 6.45) is 1.56. The molecule has 1 aromatic rings. The monoisotopic (exact) mass is 260 g/mol. The zero-order chi connectivity index (χ0) is 14.0. The Kier molecular flexibility index (Phi) is 4.00. The highest BCUT2D eigenvalue weighted by molar-refractivity contribution is 5.97. The topological polar surface area (TPSA) is 63.4 Å². The number of hydrogen-bond donors (Lipinski definition) is 1. The first kappa shape index (κ1) is 13.7. The van der Waals surface area contributed by atoms with Crippen LogP contribution in [-0.2, 0) is 9.59 Å². The van der Waals surface area contributed by atoms with Crippen molar-refractivity contribution in [3.63, 3.8) is 0 Å². The summed E-state index contributed by atoms with van der Waals surface area (Å²) in [5.74, 6) is -0.202. The number of carbonyl (C=O) groups excluding carboxylic acids is 2. The first-order valence-electron chi connectivity index (χ1n) is 6.64. The minimum Gasteiger partial charge on any atom is -0.322 e. The van der Waals surface area contributed by atoms with Crippen LogP contribution < -0.4 is 5.73 Å². The molecular formula is C15H20N2O2. The Morgan fingerprint density at radius 3 is 2.16 bits per heavy atom. The number of amides is 2. The summed E-state index contributed by atoms with van der Waals surface area (Å²) in [4.78, 5) is 24.8. The largest absolute Gasteiger partial charge is 0.322 e. The lowest BCUT2D eigenvalue weighted by Gasteiger charge is -2.27. The molecule has 1 heterocycles. The van der Waals surface area contributed by atoms with Crippen LogP contribution in [0.1, 0.15) is 42.0 Å². The van der Waals surface area contributed by atoms with Gasteiger partial charge in [0.05, 0.1) is 0 Å². The lowest BCUT2D eigenvalue weighted by atomic mass is 10.0. The van der Waals surface area contributed by atoms with E-state index in [9.17, 15) is 9.59 Å². The molecule has 0 aliphatic carbocycles. The molecule has 2 rings (SSSR count). The molecule has 2 amide bonds. The number of likely N-dealkylation sites (tertiary alicyclic amines) is 1. The van der Waals surface area contributed by atoms with Gasteiger partial charge in [0, 0.05) is 25.4 Å². The number of aryl methyl sites for hydroxylation is 2. The first-order chi connectivity index (χ1) is 8.97. The molecule has 1 fully saturated rings. The van der Waals surface area contributed by atoms with E-state index in [1.165, 1.54) is 4.90 Å². The van der Waals surface area contributed by atoms with Gasteiger partial charge < -0.3 is 5.73 Å². The lowest BCUT2D eigenvalue weighted by molar-refractivity contribution is -0.148. The maximum Gasteiger partial charge on any atom is 0.229 e. The van der Waals surface area contributed by atoms with Crippen LogP contribution >= 0.6 is 0 Å². The number of nitrogens with zero attached hydrogens (tertiary/aromatic N) is 1. The second-order valence-corrected chi connectivity index (χ2v) is 5.28. The molecule has 1 aliphatic heterocycles. The maximum absolute atomic E-state index is 11.8. The molecule has 2 N–H and O–H groups in total. The third kappa shape index (κ3) is 3.20. The molecule has 4 nitrogen and oxygen atoms in total. The minimum absolute atomic E-state index is 0.101. The molecule has 1 aromatic carbocycles. The van der Waals surface area contributed by atoms with Crippen molar-refractivity contribution in [2.24, 2.45) is 5.73 Å². The number of benzene rings is 1. The molecule has 1 atom stereocenters. The molecule has 0 aromatic heterocycles. The first-order valence-corrected chi connectivity index (χ1v) is 6.64. The highest BCUT2D eigenvalue weighted by atomic mass is 16.2. The van der Waals surface area contributed by atoms with Gasteiger partial charge in [0.25, 0.3) is 0 Å². The Hall–Kier alpha value is -1.68. The van der Waals surface area contributed by atoms with Crippen molar-refractivity contribution in [3.05, 3.63) is 34.9 Å². The van der Waals surface area contributed by atoms with E-state index in [0.717, 1.165) is 16.7 Å². The second-order valence-electron chi connectivity index (χ2n) is 5.28. The van der Waals surface area contributed by atoms with Crippen LogP contribution in [0.4, 0.5) is 0 Å². The fraction of sp³-hybridized carbons (Fsp3) is 0.467. The van der Waals surface area contributed by atoms with Crippen LogP contribution in [-0.4, -0.2) is 23.3 Å². The quantitative estimate of drug-likeness (QED) is 0.843. The van der Waals surface area contributed by atoms with Gasteiger partial charge in [0.15, 0.2) is 0 Å². The molecule has 102 valence electrons. The zero-order valence-electron chi connectivity index (χ0n) is 11.5. The molecular weight excluding hydrogens is 240 g/mol. The van der Waals surface area contributed by atoms with Gasteiger partial charge in [0.2, 0.25) is 11.8 Å². The molecule has 1 unspecified atom stereocenters. The van der Waals surface area contributed by atoms with Crippen molar-refractivity contribution in [1.82, 2.24) is 4.90 Å². The van der Waals surface area contributed by atoms with Gasteiger partial charge in [-0.1, -0.05) is 29.3 Å². The van der Waals surface area contributed by atoms with Crippen LogP contribution in [0.3, 0.4) is 0 Å². The Morgan fingerprint density at radius 1 is 1.11 bits per heavy atom. The van der Waals surface area contributed by atoms with Gasteiger partial charge in [-0.25, -0.2) is 0 Å². The lowest BCUT2D eigenvalue weighted by Crippen LogP contribution is -2.43. The summed E-state index contributed by atoms with van der Waals surface area (Å²) in [7, 11) is 0. The molecule has 1 aliphatic rings. The predicted octanol–water partition coefficient (Wildman–Crippen LogP) is 1.84. The van der Waals surface area contributed by atoms with E-state index in [4.69, 9.17) is 5.73 Å².